The number of fused-ring (bicyclic) bond motifs is 3. The first-order valence-corrected chi connectivity index (χ1v) is 16.3. The lowest BCUT2D eigenvalue weighted by Crippen LogP contribution is -2.40. The molecule has 0 bridgehead atoms. The monoisotopic (exact) mass is 592 g/mol. The summed E-state index contributed by atoms with van der Waals surface area (Å²) in [6.07, 6.45) is 10.8. The van der Waals surface area contributed by atoms with Crippen LogP contribution in [0.25, 0.3) is 16.3 Å². The number of halogens is 1. The number of anilines is 2. The molecule has 2 aromatic heterocycles. The van der Waals surface area contributed by atoms with E-state index in [2.05, 4.69) is 10.2 Å². The fourth-order valence-electron chi connectivity index (χ4n) is 7.03. The van der Waals surface area contributed by atoms with Gasteiger partial charge in [-0.2, -0.15) is 5.10 Å². The smallest absolute Gasteiger partial charge is 0.229 e. The second kappa shape index (κ2) is 10.8. The molecule has 3 aromatic rings. The van der Waals surface area contributed by atoms with Crippen LogP contribution in [0.2, 0.25) is 5.02 Å². The Morgan fingerprint density at radius 2 is 1.83 bits per heavy atom. The van der Waals surface area contributed by atoms with Gasteiger partial charge in [0.25, 0.3) is 0 Å². The Balaban J connectivity index is 1.14. The summed E-state index contributed by atoms with van der Waals surface area (Å²) < 4.78 is 1.98. The highest BCUT2D eigenvalue weighted by atomic mass is 35.5. The molecule has 216 valence electrons. The van der Waals surface area contributed by atoms with Crippen LogP contribution in [0.4, 0.5) is 10.8 Å². The number of likely N-dealkylation sites (tertiary alicyclic amines) is 1. The molecule has 1 aromatic carbocycles. The van der Waals surface area contributed by atoms with Crippen molar-refractivity contribution in [3.05, 3.63) is 40.2 Å². The van der Waals surface area contributed by atoms with Crippen LogP contribution in [0.5, 0.6) is 0 Å². The summed E-state index contributed by atoms with van der Waals surface area (Å²) in [4.78, 5) is 35.4. The van der Waals surface area contributed by atoms with Crippen LogP contribution in [0.3, 0.4) is 0 Å². The van der Waals surface area contributed by atoms with Crippen LogP contribution < -0.4 is 10.2 Å². The molecule has 0 unspecified atom stereocenters. The number of rotatable bonds is 6. The van der Waals surface area contributed by atoms with Crippen LogP contribution >= 0.6 is 22.9 Å². The van der Waals surface area contributed by atoms with E-state index in [9.17, 15) is 9.59 Å². The molecular weight excluding hydrogens is 556 g/mol. The number of thiazole rings is 1. The molecule has 4 aliphatic rings. The van der Waals surface area contributed by atoms with Gasteiger partial charge in [-0.25, -0.2) is 9.67 Å². The second-order valence-corrected chi connectivity index (χ2v) is 13.6. The van der Waals surface area contributed by atoms with Gasteiger partial charge in [-0.3, -0.25) is 9.59 Å². The average molecular weight is 593 g/mol. The van der Waals surface area contributed by atoms with Crippen LogP contribution in [0.1, 0.15) is 81.2 Å². The molecule has 1 saturated heterocycles. The van der Waals surface area contributed by atoms with Crippen molar-refractivity contribution in [1.29, 1.82) is 0 Å². The first-order chi connectivity index (χ1) is 19.9. The SMILES string of the molecule is CC(=O)Nc1nc2c(s1)-c1c(c(C3CC3)nn1-c1ccc(N(C)C(=O)C3CCC(N4CCCC4)CC3)cc1Cl)CC2. The number of amides is 2. The third kappa shape index (κ3) is 5.10. The Morgan fingerprint density at radius 1 is 1.07 bits per heavy atom. The topological polar surface area (TPSA) is 83.4 Å². The number of hydrogen-bond donors (Lipinski definition) is 1. The van der Waals surface area contributed by atoms with E-state index in [1.807, 2.05) is 29.9 Å². The van der Waals surface area contributed by atoms with Gasteiger partial charge in [0, 0.05) is 43.1 Å². The van der Waals surface area contributed by atoms with E-state index in [0.29, 0.717) is 22.1 Å². The molecule has 3 fully saturated rings. The summed E-state index contributed by atoms with van der Waals surface area (Å²) in [5, 5.41) is 9.15. The highest BCUT2D eigenvalue weighted by Crippen LogP contribution is 2.48. The maximum atomic E-state index is 13.5. The number of nitrogens with zero attached hydrogens (tertiary/aromatic N) is 5. The van der Waals surface area contributed by atoms with E-state index in [4.69, 9.17) is 21.7 Å². The highest BCUT2D eigenvalue weighted by Gasteiger charge is 2.36. The number of hydrogen-bond acceptors (Lipinski definition) is 6. The minimum Gasteiger partial charge on any atom is -0.315 e. The Morgan fingerprint density at radius 3 is 2.51 bits per heavy atom. The van der Waals surface area contributed by atoms with Crippen molar-refractivity contribution in [2.45, 2.75) is 83.1 Å². The van der Waals surface area contributed by atoms with Gasteiger partial charge < -0.3 is 15.1 Å². The lowest BCUT2D eigenvalue weighted by molar-refractivity contribution is -0.123. The van der Waals surface area contributed by atoms with Crippen molar-refractivity contribution < 1.29 is 9.59 Å². The Hall–Kier alpha value is -2.75. The molecule has 8 nitrogen and oxygen atoms in total. The zero-order chi connectivity index (χ0) is 28.2. The number of carbonyl (C=O) groups excluding carboxylic acids is 2. The largest absolute Gasteiger partial charge is 0.315 e. The Kier molecular flexibility index (Phi) is 7.16. The van der Waals surface area contributed by atoms with E-state index < -0.39 is 0 Å². The van der Waals surface area contributed by atoms with Gasteiger partial charge in [-0.05, 0) is 95.5 Å². The van der Waals surface area contributed by atoms with Gasteiger partial charge in [-0.15, -0.1) is 0 Å². The first-order valence-electron chi connectivity index (χ1n) is 15.1. The molecule has 7 rings (SSSR count). The van der Waals surface area contributed by atoms with Crippen molar-refractivity contribution in [2.75, 3.05) is 30.4 Å². The summed E-state index contributed by atoms with van der Waals surface area (Å²) in [6.45, 7) is 3.94. The fraction of sp³-hybridized carbons (Fsp3) is 0.548. The molecule has 0 atom stereocenters. The van der Waals surface area contributed by atoms with Crippen LogP contribution in [0, 0.1) is 5.92 Å². The average Bonchev–Trinajstić information content (AvgIpc) is 3.33. The quantitative estimate of drug-likeness (QED) is 0.368. The summed E-state index contributed by atoms with van der Waals surface area (Å²) in [6, 6.07) is 6.52. The molecule has 1 N–H and O–H groups in total. The molecule has 1 aliphatic heterocycles. The summed E-state index contributed by atoms with van der Waals surface area (Å²) in [5.74, 6) is 0.622. The minimum absolute atomic E-state index is 0.0686. The van der Waals surface area contributed by atoms with Gasteiger partial charge in [0.05, 0.1) is 32.7 Å². The molecule has 2 saturated carbocycles. The Bertz CT molecular complexity index is 1500. The van der Waals surface area contributed by atoms with E-state index in [1.54, 1.807) is 4.90 Å². The molecule has 10 heteroatoms. The van der Waals surface area contributed by atoms with Crippen LogP contribution in [-0.2, 0) is 22.4 Å². The van der Waals surface area contributed by atoms with E-state index in [0.717, 1.165) is 84.7 Å². The molecule has 41 heavy (non-hydrogen) atoms. The van der Waals surface area contributed by atoms with Gasteiger partial charge in [0.2, 0.25) is 11.8 Å². The molecule has 0 radical (unpaired) electrons. The third-order valence-corrected chi connectivity index (χ3v) is 10.7. The fourth-order valence-corrected chi connectivity index (χ4v) is 8.40. The van der Waals surface area contributed by atoms with Crippen LogP contribution in [0.15, 0.2) is 18.2 Å². The van der Waals surface area contributed by atoms with Gasteiger partial charge in [0.15, 0.2) is 5.13 Å². The maximum Gasteiger partial charge on any atom is 0.229 e. The number of benzene rings is 1. The standard InChI is InChI=1S/C31H37ClN6O2S/c1-18(39)33-31-34-25-13-12-23-27(19-5-6-19)35-38(28(23)29(25)41-31)26-14-11-22(17-24(26)32)36(2)30(40)20-7-9-21(10-8-20)37-15-3-4-16-37/h11,14,17,19-21H,3-10,12-13,15-16H2,1-2H3,(H,33,34,39). The van der Waals surface area contributed by atoms with Crippen molar-refractivity contribution in [2.24, 2.45) is 5.92 Å². The number of aryl methyl sites for hydroxylation is 1. The van der Waals surface area contributed by atoms with E-state index in [1.165, 1.54) is 49.8 Å². The summed E-state index contributed by atoms with van der Waals surface area (Å²) >= 11 is 8.46. The van der Waals surface area contributed by atoms with Crippen molar-refractivity contribution >= 4 is 45.6 Å². The Labute approximate surface area is 250 Å². The maximum absolute atomic E-state index is 13.5. The number of nitrogens with one attached hydrogen (secondary N) is 1. The van der Waals surface area contributed by atoms with Crippen LogP contribution in [-0.4, -0.2) is 57.7 Å². The normalized spacial score (nSPS) is 22.3. The second-order valence-electron chi connectivity index (χ2n) is 12.2. The third-order valence-electron chi connectivity index (χ3n) is 9.37. The molecular formula is C31H37ClN6O2S. The summed E-state index contributed by atoms with van der Waals surface area (Å²) in [5.41, 5.74) is 6.07. The van der Waals surface area contributed by atoms with Crippen molar-refractivity contribution in [3.8, 4) is 16.3 Å². The van der Waals surface area contributed by atoms with Gasteiger partial charge >= 0.3 is 0 Å². The minimum atomic E-state index is -0.125. The van der Waals surface area contributed by atoms with E-state index >= 15 is 0 Å². The predicted molar refractivity (Wildman–Crippen MR) is 163 cm³/mol. The molecule has 2 amide bonds. The zero-order valence-corrected chi connectivity index (χ0v) is 25.4. The van der Waals surface area contributed by atoms with Gasteiger partial charge in [-0.1, -0.05) is 22.9 Å². The lowest BCUT2D eigenvalue weighted by atomic mass is 9.84. The lowest BCUT2D eigenvalue weighted by Gasteiger charge is -2.35. The number of carbonyl (C=O) groups is 2. The van der Waals surface area contributed by atoms with Gasteiger partial charge in [0.1, 0.15) is 0 Å². The summed E-state index contributed by atoms with van der Waals surface area (Å²) in [7, 11) is 1.87. The zero-order valence-electron chi connectivity index (χ0n) is 23.8. The molecule has 3 aliphatic carbocycles. The number of aromatic nitrogens is 3. The van der Waals surface area contributed by atoms with Crippen molar-refractivity contribution in [1.82, 2.24) is 19.7 Å². The highest BCUT2D eigenvalue weighted by molar-refractivity contribution is 7.19. The predicted octanol–water partition coefficient (Wildman–Crippen LogP) is 6.20. The first kappa shape index (κ1) is 27.1. The molecule has 0 spiro atoms. The van der Waals surface area contributed by atoms with E-state index in [-0.39, 0.29) is 17.7 Å². The molecule has 3 heterocycles. The van der Waals surface area contributed by atoms with Crippen molar-refractivity contribution in [3.63, 3.8) is 0 Å².